The smallest absolute Gasteiger partial charge is 0.163 e. The first kappa shape index (κ1) is 24.3. The molecule has 7 nitrogen and oxygen atoms in total. The minimum atomic E-state index is -0.292. The molecule has 0 fully saturated rings. The first-order valence-electron chi connectivity index (χ1n) is 10.8. The van der Waals surface area contributed by atoms with Crippen molar-refractivity contribution in [3.8, 4) is 23.8 Å². The molecule has 0 atom stereocenters. The minimum Gasteiger partial charge on any atom is -0.487 e. The van der Waals surface area contributed by atoms with Crippen LogP contribution in [0.1, 0.15) is 26.3 Å². The Morgan fingerprint density at radius 2 is 1.58 bits per heavy atom. The van der Waals surface area contributed by atoms with Crippen LogP contribution in [-0.4, -0.2) is 56.2 Å². The number of benzene rings is 2. The fraction of sp³-hybridized carbons (Fsp3) is 0.385. The highest BCUT2D eigenvalue weighted by molar-refractivity contribution is 5.94. The summed E-state index contributed by atoms with van der Waals surface area (Å²) in [7, 11) is 3.27. The van der Waals surface area contributed by atoms with E-state index < -0.39 is 0 Å². The van der Waals surface area contributed by atoms with E-state index in [2.05, 4.69) is 41.6 Å². The highest BCUT2D eigenvalue weighted by Gasteiger charge is 2.27. The van der Waals surface area contributed by atoms with Gasteiger partial charge in [0.2, 0.25) is 0 Å². The number of hydrogen-bond donors (Lipinski definition) is 0. The number of methoxy groups -OCH3 is 2. The van der Waals surface area contributed by atoms with Gasteiger partial charge in [0.15, 0.2) is 11.5 Å². The van der Waals surface area contributed by atoms with Crippen LogP contribution >= 0.6 is 0 Å². The van der Waals surface area contributed by atoms with Gasteiger partial charge in [-0.2, -0.15) is 0 Å². The van der Waals surface area contributed by atoms with Crippen molar-refractivity contribution in [1.29, 1.82) is 0 Å². The van der Waals surface area contributed by atoms with E-state index in [4.69, 9.17) is 25.4 Å². The quantitative estimate of drug-likeness (QED) is 0.331. The van der Waals surface area contributed by atoms with Gasteiger partial charge in [-0.3, -0.25) is 0 Å². The number of hydrogen-bond acceptors (Lipinski definition) is 7. The molecule has 0 aliphatic carbocycles. The van der Waals surface area contributed by atoms with E-state index in [1.165, 1.54) is 0 Å². The lowest BCUT2D eigenvalue weighted by Gasteiger charge is -2.37. The molecule has 0 saturated heterocycles. The molecule has 3 rings (SSSR count). The van der Waals surface area contributed by atoms with Gasteiger partial charge in [-0.15, -0.1) is 6.42 Å². The maximum atomic E-state index is 5.99. The molecule has 33 heavy (non-hydrogen) atoms. The molecule has 1 heterocycles. The molecule has 0 aliphatic heterocycles. The van der Waals surface area contributed by atoms with E-state index in [9.17, 15) is 0 Å². The summed E-state index contributed by atoms with van der Waals surface area (Å²) in [5.74, 6) is 4.66. The first-order chi connectivity index (χ1) is 15.9. The van der Waals surface area contributed by atoms with Crippen molar-refractivity contribution in [3.63, 3.8) is 0 Å². The predicted molar refractivity (Wildman–Crippen MR) is 131 cm³/mol. The van der Waals surface area contributed by atoms with Crippen LogP contribution < -0.4 is 14.4 Å². The van der Waals surface area contributed by atoms with E-state index >= 15 is 0 Å². The van der Waals surface area contributed by atoms with Crippen molar-refractivity contribution in [3.05, 3.63) is 48.3 Å². The van der Waals surface area contributed by atoms with Crippen LogP contribution in [0.15, 0.2) is 42.7 Å². The summed E-state index contributed by atoms with van der Waals surface area (Å²) in [5, 5.41) is 0.838. The number of rotatable bonds is 10. The zero-order valence-electron chi connectivity index (χ0n) is 19.9. The molecule has 174 valence electrons. The fourth-order valence-corrected chi connectivity index (χ4v) is 3.49. The van der Waals surface area contributed by atoms with Crippen LogP contribution in [0.25, 0.3) is 10.9 Å². The second-order valence-corrected chi connectivity index (χ2v) is 8.40. The van der Waals surface area contributed by atoms with Crippen molar-refractivity contribution in [2.75, 3.05) is 45.5 Å². The third kappa shape index (κ3) is 5.92. The number of nitrogens with zero attached hydrogens (tertiary/aromatic N) is 3. The number of ether oxygens (including phenoxy) is 4. The molecular formula is C26H31N3O4. The first-order valence-corrected chi connectivity index (χ1v) is 10.8. The summed E-state index contributed by atoms with van der Waals surface area (Å²) < 4.78 is 22.2. The van der Waals surface area contributed by atoms with Crippen molar-refractivity contribution in [2.45, 2.75) is 26.3 Å². The lowest BCUT2D eigenvalue weighted by Crippen LogP contribution is -2.38. The van der Waals surface area contributed by atoms with Gasteiger partial charge in [0.1, 0.15) is 25.4 Å². The molecule has 0 aliphatic rings. The molecule has 1 aromatic heterocycles. The average molecular weight is 450 g/mol. The summed E-state index contributed by atoms with van der Waals surface area (Å²) in [6.07, 6.45) is 7.22. The molecule has 0 radical (unpaired) electrons. The molecule has 0 spiro atoms. The predicted octanol–water partition coefficient (Wildman–Crippen LogP) is 4.60. The van der Waals surface area contributed by atoms with Gasteiger partial charge in [-0.05, 0) is 45.0 Å². The summed E-state index contributed by atoms with van der Waals surface area (Å²) in [4.78, 5) is 11.3. The molecule has 0 N–H and O–H groups in total. The van der Waals surface area contributed by atoms with Gasteiger partial charge in [0.25, 0.3) is 0 Å². The van der Waals surface area contributed by atoms with E-state index in [-0.39, 0.29) is 5.54 Å². The molecule has 7 heteroatoms. The van der Waals surface area contributed by atoms with Crippen molar-refractivity contribution >= 4 is 22.4 Å². The Morgan fingerprint density at radius 3 is 2.18 bits per heavy atom. The Kier molecular flexibility index (Phi) is 8.10. The monoisotopic (exact) mass is 449 g/mol. The van der Waals surface area contributed by atoms with Crippen LogP contribution in [-0.2, 0) is 9.47 Å². The lowest BCUT2D eigenvalue weighted by atomic mass is 10.0. The number of aromatic nitrogens is 2. The van der Waals surface area contributed by atoms with Crippen LogP contribution in [0.5, 0.6) is 11.5 Å². The topological polar surface area (TPSA) is 65.9 Å². The molecule has 3 aromatic rings. The second kappa shape index (κ2) is 11.0. The second-order valence-electron chi connectivity index (χ2n) is 8.40. The molecule has 0 unspecified atom stereocenters. The standard InChI is InChI=1S/C26H31N3O4/c1-7-19-9-8-10-20(15-19)29(26(2,3)4)25-21-16-23(32-13-11-30-5)24(33-14-12-31-6)17-22(21)27-18-28-25/h1,8-10,15-18H,11-14H2,2-6H3. The normalized spacial score (nSPS) is 11.3. The maximum Gasteiger partial charge on any atom is 0.163 e. The Bertz CT molecular complexity index is 1120. The summed E-state index contributed by atoms with van der Waals surface area (Å²) in [6, 6.07) is 11.7. The van der Waals surface area contributed by atoms with Crippen LogP contribution in [0.4, 0.5) is 11.5 Å². The van der Waals surface area contributed by atoms with Crippen molar-refractivity contribution in [1.82, 2.24) is 9.97 Å². The Morgan fingerprint density at radius 1 is 0.909 bits per heavy atom. The number of anilines is 2. The molecule has 0 bridgehead atoms. The van der Waals surface area contributed by atoms with E-state index in [0.717, 1.165) is 28.0 Å². The fourth-order valence-electron chi connectivity index (χ4n) is 3.49. The summed E-state index contributed by atoms with van der Waals surface area (Å²) in [6.45, 7) is 8.09. The number of terminal acetylenes is 1. The van der Waals surface area contributed by atoms with Gasteiger partial charge in [0.05, 0.1) is 18.7 Å². The van der Waals surface area contributed by atoms with Gasteiger partial charge < -0.3 is 23.8 Å². The molecular weight excluding hydrogens is 418 g/mol. The highest BCUT2D eigenvalue weighted by Crippen LogP contribution is 2.40. The highest BCUT2D eigenvalue weighted by atomic mass is 16.5. The van der Waals surface area contributed by atoms with Crippen LogP contribution in [0, 0.1) is 12.3 Å². The third-order valence-electron chi connectivity index (χ3n) is 4.92. The van der Waals surface area contributed by atoms with Crippen molar-refractivity contribution in [2.24, 2.45) is 0 Å². The third-order valence-corrected chi connectivity index (χ3v) is 4.92. The molecule has 0 saturated carbocycles. The Hall–Kier alpha value is -3.34. The number of fused-ring (bicyclic) bond motifs is 1. The molecule has 2 aromatic carbocycles. The Balaban J connectivity index is 2.16. The maximum absolute atomic E-state index is 5.99. The lowest BCUT2D eigenvalue weighted by molar-refractivity contribution is 0.132. The van der Waals surface area contributed by atoms with Gasteiger partial charge in [-0.25, -0.2) is 9.97 Å². The summed E-state index contributed by atoms with van der Waals surface area (Å²) >= 11 is 0. The minimum absolute atomic E-state index is 0.292. The van der Waals surface area contributed by atoms with Gasteiger partial charge >= 0.3 is 0 Å². The molecule has 0 amide bonds. The van der Waals surface area contributed by atoms with Gasteiger partial charge in [0, 0.05) is 42.5 Å². The van der Waals surface area contributed by atoms with Crippen LogP contribution in [0.3, 0.4) is 0 Å². The van der Waals surface area contributed by atoms with Crippen molar-refractivity contribution < 1.29 is 18.9 Å². The van der Waals surface area contributed by atoms with Crippen LogP contribution in [0.2, 0.25) is 0 Å². The van der Waals surface area contributed by atoms with E-state index in [0.29, 0.717) is 37.9 Å². The average Bonchev–Trinajstić information content (AvgIpc) is 2.79. The zero-order chi connectivity index (χ0) is 23.8. The van der Waals surface area contributed by atoms with E-state index in [1.54, 1.807) is 20.5 Å². The summed E-state index contributed by atoms with van der Waals surface area (Å²) in [5.41, 5.74) is 2.20. The Labute approximate surface area is 195 Å². The zero-order valence-corrected chi connectivity index (χ0v) is 19.9. The largest absolute Gasteiger partial charge is 0.487 e. The van der Waals surface area contributed by atoms with Gasteiger partial charge in [-0.1, -0.05) is 12.0 Å². The SMILES string of the molecule is C#Cc1cccc(N(c2ncnc3cc(OCCOC)c(OCCOC)cc23)C(C)(C)C)c1. The van der Waals surface area contributed by atoms with E-state index in [1.807, 2.05) is 36.4 Å².